The van der Waals surface area contributed by atoms with Crippen molar-refractivity contribution in [2.75, 3.05) is 19.6 Å². The highest BCUT2D eigenvalue weighted by Crippen LogP contribution is 2.32. The van der Waals surface area contributed by atoms with Gasteiger partial charge in [-0.15, -0.1) is 18.3 Å². The SMILES string of the molecule is FC(F)(F)Oc1ccc(-c2cn(CCN3CCCCC3)nc2OCc2ccccc2)cc1. The van der Waals surface area contributed by atoms with Gasteiger partial charge in [-0.2, -0.15) is 0 Å². The van der Waals surface area contributed by atoms with Gasteiger partial charge in [0.25, 0.3) is 0 Å². The van der Waals surface area contributed by atoms with Gasteiger partial charge in [-0.1, -0.05) is 48.9 Å². The van der Waals surface area contributed by atoms with Crippen LogP contribution in [0.3, 0.4) is 0 Å². The third kappa shape index (κ3) is 6.26. The largest absolute Gasteiger partial charge is 0.573 e. The van der Waals surface area contributed by atoms with Gasteiger partial charge in [0.1, 0.15) is 12.4 Å². The average Bonchev–Trinajstić information content (AvgIpc) is 3.20. The molecule has 0 saturated carbocycles. The zero-order chi connectivity index (χ0) is 22.4. The summed E-state index contributed by atoms with van der Waals surface area (Å²) in [6.45, 7) is 4.18. The summed E-state index contributed by atoms with van der Waals surface area (Å²) >= 11 is 0. The summed E-state index contributed by atoms with van der Waals surface area (Å²) in [6, 6.07) is 15.5. The lowest BCUT2D eigenvalue weighted by Crippen LogP contribution is -2.32. The van der Waals surface area contributed by atoms with Crippen molar-refractivity contribution in [2.45, 2.75) is 38.8 Å². The molecule has 0 atom stereocenters. The lowest BCUT2D eigenvalue weighted by atomic mass is 10.1. The lowest BCUT2D eigenvalue weighted by molar-refractivity contribution is -0.274. The standard InChI is InChI=1S/C24H26F3N3O2/c25-24(26,27)32-21-11-9-20(10-12-21)22-17-30(16-15-29-13-5-2-6-14-29)28-23(22)31-18-19-7-3-1-4-8-19/h1,3-4,7-12,17H,2,5-6,13-16,18H2. The summed E-state index contributed by atoms with van der Waals surface area (Å²) in [5, 5.41) is 4.62. The number of alkyl halides is 3. The third-order valence-electron chi connectivity index (χ3n) is 5.44. The highest BCUT2D eigenvalue weighted by Gasteiger charge is 2.31. The number of likely N-dealkylation sites (tertiary alicyclic amines) is 1. The van der Waals surface area contributed by atoms with Gasteiger partial charge in [0.15, 0.2) is 0 Å². The van der Waals surface area contributed by atoms with Crippen molar-refractivity contribution in [3.05, 3.63) is 66.4 Å². The summed E-state index contributed by atoms with van der Waals surface area (Å²) < 4.78 is 49.3. The molecule has 1 saturated heterocycles. The zero-order valence-electron chi connectivity index (χ0n) is 17.7. The number of piperidine rings is 1. The molecule has 0 amide bonds. The number of nitrogens with zero attached hydrogens (tertiary/aromatic N) is 3. The smallest absolute Gasteiger partial charge is 0.471 e. The normalized spacial score (nSPS) is 15.0. The van der Waals surface area contributed by atoms with E-state index in [4.69, 9.17) is 4.74 Å². The molecular formula is C24H26F3N3O2. The monoisotopic (exact) mass is 445 g/mol. The second kappa shape index (κ2) is 10.1. The predicted molar refractivity (Wildman–Crippen MR) is 115 cm³/mol. The van der Waals surface area contributed by atoms with E-state index in [2.05, 4.69) is 14.7 Å². The predicted octanol–water partition coefficient (Wildman–Crippen LogP) is 5.51. The van der Waals surface area contributed by atoms with Gasteiger partial charge < -0.3 is 14.4 Å². The molecular weight excluding hydrogens is 419 g/mol. The van der Waals surface area contributed by atoms with Crippen LogP contribution in [0.4, 0.5) is 13.2 Å². The van der Waals surface area contributed by atoms with Gasteiger partial charge in [-0.3, -0.25) is 4.68 Å². The maximum atomic E-state index is 12.5. The fourth-order valence-corrected chi connectivity index (χ4v) is 3.81. The van der Waals surface area contributed by atoms with Crippen LogP contribution in [0.15, 0.2) is 60.8 Å². The van der Waals surface area contributed by atoms with E-state index >= 15 is 0 Å². The molecule has 0 spiro atoms. The van der Waals surface area contributed by atoms with Gasteiger partial charge in [0.2, 0.25) is 5.88 Å². The molecule has 0 unspecified atom stereocenters. The Kier molecular flexibility index (Phi) is 6.99. The second-order valence-corrected chi connectivity index (χ2v) is 7.86. The Bertz CT molecular complexity index is 982. The molecule has 1 fully saturated rings. The summed E-state index contributed by atoms with van der Waals surface area (Å²) in [7, 11) is 0. The Balaban J connectivity index is 1.51. The van der Waals surface area contributed by atoms with Crippen LogP contribution < -0.4 is 9.47 Å². The first-order chi connectivity index (χ1) is 15.5. The quantitative estimate of drug-likeness (QED) is 0.458. The molecule has 0 aliphatic carbocycles. The van der Waals surface area contributed by atoms with Crippen molar-refractivity contribution in [3.8, 4) is 22.8 Å². The minimum Gasteiger partial charge on any atom is -0.471 e. The molecule has 1 aliphatic heterocycles. The molecule has 0 bridgehead atoms. The first-order valence-corrected chi connectivity index (χ1v) is 10.8. The van der Waals surface area contributed by atoms with Crippen molar-refractivity contribution in [3.63, 3.8) is 0 Å². The lowest BCUT2D eigenvalue weighted by Gasteiger charge is -2.26. The molecule has 4 rings (SSSR count). The molecule has 170 valence electrons. The Hall–Kier alpha value is -3.00. The molecule has 3 aromatic rings. The van der Waals surface area contributed by atoms with Gasteiger partial charge >= 0.3 is 6.36 Å². The molecule has 8 heteroatoms. The minimum atomic E-state index is -4.72. The second-order valence-electron chi connectivity index (χ2n) is 7.86. The average molecular weight is 445 g/mol. The van der Waals surface area contributed by atoms with Crippen LogP contribution >= 0.6 is 0 Å². The summed E-state index contributed by atoms with van der Waals surface area (Å²) in [5.41, 5.74) is 2.46. The first-order valence-electron chi connectivity index (χ1n) is 10.8. The van der Waals surface area contributed by atoms with Crippen LogP contribution in [0.2, 0.25) is 0 Å². The Morgan fingerprint density at radius 1 is 0.875 bits per heavy atom. The Labute approximate surface area is 185 Å². The van der Waals surface area contributed by atoms with Crippen LogP contribution in [-0.2, 0) is 13.2 Å². The topological polar surface area (TPSA) is 39.5 Å². The van der Waals surface area contributed by atoms with Crippen LogP contribution in [-0.4, -0.2) is 40.7 Å². The number of ether oxygens (including phenoxy) is 2. The van der Waals surface area contributed by atoms with E-state index in [1.165, 1.54) is 31.4 Å². The van der Waals surface area contributed by atoms with Crippen LogP contribution in [0, 0.1) is 0 Å². The number of hydrogen-bond donors (Lipinski definition) is 0. The zero-order valence-corrected chi connectivity index (χ0v) is 17.7. The Morgan fingerprint density at radius 3 is 2.28 bits per heavy atom. The number of hydrogen-bond acceptors (Lipinski definition) is 4. The first kappa shape index (κ1) is 22.2. The highest BCUT2D eigenvalue weighted by molar-refractivity contribution is 5.68. The minimum absolute atomic E-state index is 0.259. The molecule has 2 aromatic carbocycles. The third-order valence-corrected chi connectivity index (χ3v) is 5.44. The van der Waals surface area contributed by atoms with Crippen LogP contribution in [0.25, 0.3) is 11.1 Å². The van der Waals surface area contributed by atoms with Crippen molar-refractivity contribution in [1.82, 2.24) is 14.7 Å². The van der Waals surface area contributed by atoms with E-state index in [-0.39, 0.29) is 5.75 Å². The van der Waals surface area contributed by atoms with E-state index in [0.717, 1.165) is 37.3 Å². The van der Waals surface area contributed by atoms with Crippen molar-refractivity contribution in [1.29, 1.82) is 0 Å². The summed E-state index contributed by atoms with van der Waals surface area (Å²) in [5.74, 6) is 0.197. The maximum absolute atomic E-state index is 12.5. The molecule has 32 heavy (non-hydrogen) atoms. The summed E-state index contributed by atoms with van der Waals surface area (Å²) in [4.78, 5) is 2.43. The fourth-order valence-electron chi connectivity index (χ4n) is 3.81. The van der Waals surface area contributed by atoms with Crippen molar-refractivity contribution >= 4 is 0 Å². The fraction of sp³-hybridized carbons (Fsp3) is 0.375. The summed E-state index contributed by atoms with van der Waals surface area (Å²) in [6.07, 6.45) is 0.910. The molecule has 0 N–H and O–H groups in total. The molecule has 0 radical (unpaired) electrons. The van der Waals surface area contributed by atoms with Crippen LogP contribution in [0.1, 0.15) is 24.8 Å². The van der Waals surface area contributed by atoms with Gasteiger partial charge in [0.05, 0.1) is 12.1 Å². The van der Waals surface area contributed by atoms with Crippen LogP contribution in [0.5, 0.6) is 11.6 Å². The van der Waals surface area contributed by atoms with Crippen molar-refractivity contribution in [2.24, 2.45) is 0 Å². The highest BCUT2D eigenvalue weighted by atomic mass is 19.4. The Morgan fingerprint density at radius 2 is 1.59 bits per heavy atom. The number of benzene rings is 2. The number of rotatable bonds is 8. The van der Waals surface area contributed by atoms with E-state index < -0.39 is 6.36 Å². The molecule has 1 aromatic heterocycles. The van der Waals surface area contributed by atoms with E-state index in [1.54, 1.807) is 12.1 Å². The van der Waals surface area contributed by atoms with Crippen molar-refractivity contribution < 1.29 is 22.6 Å². The van der Waals surface area contributed by atoms with E-state index in [9.17, 15) is 13.2 Å². The number of halogens is 3. The van der Waals surface area contributed by atoms with Gasteiger partial charge in [0, 0.05) is 12.7 Å². The van der Waals surface area contributed by atoms with E-state index in [0.29, 0.717) is 18.1 Å². The van der Waals surface area contributed by atoms with E-state index in [1.807, 2.05) is 41.2 Å². The van der Waals surface area contributed by atoms with Gasteiger partial charge in [-0.05, 0) is 49.2 Å². The molecule has 5 nitrogen and oxygen atoms in total. The molecule has 2 heterocycles. The molecule has 1 aliphatic rings. The number of aromatic nitrogens is 2. The van der Waals surface area contributed by atoms with Gasteiger partial charge in [-0.25, -0.2) is 0 Å². The maximum Gasteiger partial charge on any atom is 0.573 e.